The molecule has 2 aromatic carbocycles. The molecule has 0 radical (unpaired) electrons. The van der Waals surface area contributed by atoms with E-state index in [0.29, 0.717) is 35.9 Å². The molecule has 1 atom stereocenters. The average molecular weight is 634 g/mol. The third-order valence-electron chi connectivity index (χ3n) is 9.08. The van der Waals surface area contributed by atoms with Gasteiger partial charge in [0.25, 0.3) is 11.5 Å². The van der Waals surface area contributed by atoms with Crippen LogP contribution in [0.15, 0.2) is 58.9 Å². The predicted molar refractivity (Wildman–Crippen MR) is 174 cm³/mol. The van der Waals surface area contributed by atoms with Gasteiger partial charge in [-0.25, -0.2) is 0 Å². The molecule has 0 bridgehead atoms. The van der Waals surface area contributed by atoms with Gasteiger partial charge in [0.1, 0.15) is 10.5 Å². The Morgan fingerprint density at radius 2 is 1.51 bits per heavy atom. The summed E-state index contributed by atoms with van der Waals surface area (Å²) in [6.45, 7) is 0. The molecule has 9 heteroatoms. The molecular formula is C34H34Cl2N4O2S. The van der Waals surface area contributed by atoms with Crippen molar-refractivity contribution in [2.24, 2.45) is 5.73 Å². The zero-order chi connectivity index (χ0) is 30.1. The Morgan fingerprint density at radius 1 is 0.930 bits per heavy atom. The standard InChI is InChI=1S/C34H34Cl2N4O2S/c35-26-17-9-7-11-21(26)19-28-32(41)40-31(38)25(20-37)29(24-16-8-10-18-27(24)36)30(34(40)43-28)33(42)39(22-12-3-1-4-13-22)23-14-5-2-6-15-23/h7-11,16-19,22-23,29H,1-6,12-15,38H2/b28-19+. The molecule has 3 aliphatic rings. The summed E-state index contributed by atoms with van der Waals surface area (Å²) in [4.78, 5) is 31.3. The maximum absolute atomic E-state index is 15.2. The van der Waals surface area contributed by atoms with Crippen LogP contribution in [-0.2, 0) is 4.79 Å². The summed E-state index contributed by atoms with van der Waals surface area (Å²) in [7, 11) is 0. The van der Waals surface area contributed by atoms with Crippen molar-refractivity contribution in [2.45, 2.75) is 82.2 Å². The molecule has 0 saturated heterocycles. The number of aromatic nitrogens is 1. The van der Waals surface area contributed by atoms with Gasteiger partial charge in [-0.05, 0) is 55.0 Å². The van der Waals surface area contributed by atoms with E-state index in [1.54, 1.807) is 18.2 Å². The first kappa shape index (κ1) is 29.7. The summed E-state index contributed by atoms with van der Waals surface area (Å²) in [6.07, 6.45) is 12.2. The molecule has 2 heterocycles. The van der Waals surface area contributed by atoms with Gasteiger partial charge in [-0.1, -0.05) is 98.1 Å². The van der Waals surface area contributed by atoms with E-state index in [2.05, 4.69) is 11.0 Å². The van der Waals surface area contributed by atoms with Gasteiger partial charge >= 0.3 is 0 Å². The first-order chi connectivity index (χ1) is 20.9. The molecule has 1 amide bonds. The van der Waals surface area contributed by atoms with E-state index in [0.717, 1.165) is 51.4 Å². The second kappa shape index (κ2) is 12.7. The molecule has 1 aromatic heterocycles. The highest BCUT2D eigenvalue weighted by atomic mass is 35.5. The summed E-state index contributed by atoms with van der Waals surface area (Å²) in [5, 5.41) is 11.5. The number of fused-ring (bicyclic) bond motifs is 1. The molecule has 2 fully saturated rings. The maximum atomic E-state index is 15.2. The lowest BCUT2D eigenvalue weighted by Gasteiger charge is -2.43. The average Bonchev–Trinajstić information content (AvgIpc) is 3.35. The van der Waals surface area contributed by atoms with Crippen molar-refractivity contribution in [3.8, 4) is 6.07 Å². The number of hydrogen-bond acceptors (Lipinski definition) is 5. The van der Waals surface area contributed by atoms with Crippen LogP contribution in [0.1, 0.15) is 81.3 Å². The first-order valence-electron chi connectivity index (χ1n) is 15.1. The Bertz CT molecular complexity index is 1790. The van der Waals surface area contributed by atoms with Gasteiger partial charge in [0, 0.05) is 22.1 Å². The topological polar surface area (TPSA) is 92.1 Å². The van der Waals surface area contributed by atoms with Crippen LogP contribution in [0.4, 0.5) is 0 Å². The number of carbonyl (C=O) groups excluding carboxylic acids is 1. The molecule has 43 heavy (non-hydrogen) atoms. The monoisotopic (exact) mass is 632 g/mol. The van der Waals surface area contributed by atoms with Gasteiger partial charge in [0.15, 0.2) is 0 Å². The van der Waals surface area contributed by atoms with Crippen LogP contribution < -0.4 is 20.5 Å². The quantitative estimate of drug-likeness (QED) is 0.366. The second-order valence-electron chi connectivity index (χ2n) is 11.7. The molecule has 2 N–H and O–H groups in total. The Kier molecular flexibility index (Phi) is 8.81. The van der Waals surface area contributed by atoms with E-state index in [-0.39, 0.29) is 34.9 Å². The number of halogens is 2. The largest absolute Gasteiger partial charge is 0.384 e. The molecular weight excluding hydrogens is 599 g/mol. The summed E-state index contributed by atoms with van der Waals surface area (Å²) in [6, 6.07) is 17.1. The first-order valence-corrected chi connectivity index (χ1v) is 16.7. The van der Waals surface area contributed by atoms with Crippen molar-refractivity contribution in [1.82, 2.24) is 9.47 Å². The van der Waals surface area contributed by atoms with E-state index >= 15 is 4.79 Å². The fourth-order valence-electron chi connectivity index (χ4n) is 7.00. The summed E-state index contributed by atoms with van der Waals surface area (Å²) >= 11 is 14.4. The van der Waals surface area contributed by atoms with Crippen molar-refractivity contribution in [3.05, 3.63) is 94.8 Å². The van der Waals surface area contributed by atoms with Crippen molar-refractivity contribution in [3.63, 3.8) is 0 Å². The minimum Gasteiger partial charge on any atom is -0.384 e. The molecule has 2 saturated carbocycles. The van der Waals surface area contributed by atoms with E-state index in [9.17, 15) is 10.1 Å². The van der Waals surface area contributed by atoms with Crippen molar-refractivity contribution < 1.29 is 4.79 Å². The number of amides is 1. The van der Waals surface area contributed by atoms with Crippen LogP contribution in [0.25, 0.3) is 17.5 Å². The van der Waals surface area contributed by atoms with Crippen LogP contribution in [0.2, 0.25) is 10.0 Å². The fourth-order valence-corrected chi connectivity index (χ4v) is 8.59. The smallest absolute Gasteiger partial charge is 0.274 e. The molecule has 3 aromatic rings. The van der Waals surface area contributed by atoms with Crippen LogP contribution >= 0.6 is 34.5 Å². The van der Waals surface area contributed by atoms with Crippen LogP contribution in [0.3, 0.4) is 0 Å². The number of rotatable bonds is 5. The van der Waals surface area contributed by atoms with E-state index < -0.39 is 5.92 Å². The predicted octanol–water partition coefficient (Wildman–Crippen LogP) is 6.14. The molecule has 1 aliphatic heterocycles. The second-order valence-corrected chi connectivity index (χ2v) is 13.5. The molecule has 1 unspecified atom stereocenters. The molecule has 6 nitrogen and oxygen atoms in total. The zero-order valence-electron chi connectivity index (χ0n) is 23.9. The number of thiazole rings is 1. The summed E-state index contributed by atoms with van der Waals surface area (Å²) < 4.78 is 2.19. The number of nitriles is 1. The lowest BCUT2D eigenvalue weighted by Crippen LogP contribution is -2.51. The van der Waals surface area contributed by atoms with Crippen LogP contribution in [0.5, 0.6) is 0 Å². The number of hydrogen-bond donors (Lipinski definition) is 1. The Labute approximate surface area is 265 Å². The van der Waals surface area contributed by atoms with Crippen molar-refractivity contribution in [2.75, 3.05) is 0 Å². The number of carbonyl (C=O) groups is 1. The Morgan fingerprint density at radius 3 is 2.09 bits per heavy atom. The molecule has 2 aliphatic carbocycles. The van der Waals surface area contributed by atoms with Gasteiger partial charge in [0.2, 0.25) is 0 Å². The van der Waals surface area contributed by atoms with Crippen molar-refractivity contribution in [1.29, 1.82) is 5.26 Å². The van der Waals surface area contributed by atoms with Gasteiger partial charge in [-0.3, -0.25) is 14.2 Å². The fraction of sp³-hybridized carbons (Fsp3) is 0.382. The highest BCUT2D eigenvalue weighted by Gasteiger charge is 2.42. The maximum Gasteiger partial charge on any atom is 0.274 e. The number of nitrogens with two attached hydrogens (primary N) is 1. The minimum atomic E-state index is -0.799. The minimum absolute atomic E-state index is 0.0286. The Balaban J connectivity index is 1.65. The Hall–Kier alpha value is -3.31. The van der Waals surface area contributed by atoms with Crippen molar-refractivity contribution >= 4 is 57.9 Å². The van der Waals surface area contributed by atoms with Crippen LogP contribution in [0, 0.1) is 11.3 Å². The van der Waals surface area contributed by atoms with Gasteiger partial charge in [-0.2, -0.15) is 5.26 Å². The van der Waals surface area contributed by atoms with Gasteiger partial charge in [-0.15, -0.1) is 11.3 Å². The summed E-state index contributed by atoms with van der Waals surface area (Å²) in [5.74, 6) is -0.892. The number of nitrogens with zero attached hydrogens (tertiary/aromatic N) is 3. The third-order valence-corrected chi connectivity index (χ3v) is 10.9. The van der Waals surface area contributed by atoms with E-state index in [1.807, 2.05) is 36.4 Å². The SMILES string of the molecule is N#CC1=C(N)n2c(s/c(=C/c3ccccc3Cl)c2=O)=C(C(=O)N(C2CCCCC2)C2CCCCC2)C1c1ccccc1Cl. The van der Waals surface area contributed by atoms with Gasteiger partial charge < -0.3 is 10.6 Å². The van der Waals surface area contributed by atoms with E-state index in [4.69, 9.17) is 28.9 Å². The molecule has 6 rings (SSSR count). The lowest BCUT2D eigenvalue weighted by atomic mass is 9.81. The summed E-state index contributed by atoms with van der Waals surface area (Å²) in [5.41, 5.74) is 8.13. The highest BCUT2D eigenvalue weighted by Crippen LogP contribution is 2.42. The molecule has 0 spiro atoms. The number of allylic oxidation sites excluding steroid dienone is 1. The zero-order valence-corrected chi connectivity index (χ0v) is 26.2. The number of benzene rings is 2. The molecule has 222 valence electrons. The lowest BCUT2D eigenvalue weighted by molar-refractivity contribution is -0.131. The highest BCUT2D eigenvalue weighted by molar-refractivity contribution is 7.07. The van der Waals surface area contributed by atoms with E-state index in [1.165, 1.54) is 28.7 Å². The third kappa shape index (κ3) is 5.57. The normalized spacial score (nSPS) is 20.2. The van der Waals surface area contributed by atoms with Crippen LogP contribution in [-0.4, -0.2) is 27.5 Å². The van der Waals surface area contributed by atoms with Gasteiger partial charge in [0.05, 0.1) is 27.7 Å².